The van der Waals surface area contributed by atoms with Crippen molar-refractivity contribution in [2.45, 2.75) is 125 Å². The van der Waals surface area contributed by atoms with Crippen LogP contribution in [0, 0.1) is 0 Å². The van der Waals surface area contributed by atoms with E-state index in [0.717, 1.165) is 46.2 Å². The summed E-state index contributed by atoms with van der Waals surface area (Å²) < 4.78 is 7.26. The number of amides is 2. The van der Waals surface area contributed by atoms with Crippen LogP contribution in [0.25, 0.3) is 22.3 Å². The van der Waals surface area contributed by atoms with Gasteiger partial charge >= 0.3 is 6.03 Å². The maximum atomic E-state index is 14.1. The third-order valence-electron chi connectivity index (χ3n) is 19.0. The number of imidazole rings is 2. The number of nitrogens with zero attached hydrogens (tertiary/aromatic N) is 14. The fourth-order valence-electron chi connectivity index (χ4n) is 13.9. The van der Waals surface area contributed by atoms with Gasteiger partial charge in [0.15, 0.2) is 34.0 Å². The summed E-state index contributed by atoms with van der Waals surface area (Å²) in [7, 11) is 0. The van der Waals surface area contributed by atoms with Gasteiger partial charge in [-0.2, -0.15) is 30.1 Å². The van der Waals surface area contributed by atoms with Gasteiger partial charge < -0.3 is 60.6 Å². The minimum absolute atomic E-state index is 0.0219. The third kappa shape index (κ3) is 11.6. The Kier molecular flexibility index (Phi) is 16.4. The summed E-state index contributed by atoms with van der Waals surface area (Å²) in [6, 6.07) is 38.7. The molecule has 1 unspecified atom stereocenters. The van der Waals surface area contributed by atoms with Crippen LogP contribution in [0.3, 0.4) is 0 Å². The van der Waals surface area contributed by atoms with Gasteiger partial charge in [-0.05, 0) is 71.9 Å². The van der Waals surface area contributed by atoms with Gasteiger partial charge in [-0.25, -0.2) is 14.8 Å². The van der Waals surface area contributed by atoms with Crippen molar-refractivity contribution in [3.05, 3.63) is 192 Å². The van der Waals surface area contributed by atoms with Crippen molar-refractivity contribution < 1.29 is 25.2 Å². The lowest BCUT2D eigenvalue weighted by Crippen LogP contribution is -2.48. The molecule has 14 rings (SSSR count). The molecule has 2 saturated heterocycles. The van der Waals surface area contributed by atoms with E-state index in [1.807, 2.05) is 94.3 Å². The highest BCUT2D eigenvalue weighted by atomic mass is 16.3. The number of nitrogens with one attached hydrogen (secondary N) is 4. The van der Waals surface area contributed by atoms with Crippen LogP contribution in [0.4, 0.5) is 28.3 Å². The van der Waals surface area contributed by atoms with Crippen molar-refractivity contribution in [1.82, 2.24) is 69.2 Å². The molecule has 8 N–H and O–H groups in total. The number of benzene rings is 4. The Balaban J connectivity index is 0.697. The van der Waals surface area contributed by atoms with E-state index < -0.39 is 48.6 Å². The van der Waals surface area contributed by atoms with Crippen LogP contribution in [0.15, 0.2) is 159 Å². The molecule has 2 aliphatic heterocycles. The normalized spacial score (nSPS) is 23.5. The molecule has 4 aliphatic rings. The zero-order valence-electron chi connectivity index (χ0n) is 50.4. The lowest BCUT2D eigenvalue weighted by Gasteiger charge is -2.23. The lowest BCUT2D eigenvalue weighted by molar-refractivity contribution is 0.00721. The van der Waals surface area contributed by atoms with Crippen LogP contribution in [0.1, 0.15) is 109 Å². The Morgan fingerprint density at radius 3 is 1.23 bits per heavy atom. The molecular weight excluding hydrogens is 1140 g/mol. The highest BCUT2D eigenvalue weighted by molar-refractivity contribution is 5.86. The Hall–Kier alpha value is -9.29. The van der Waals surface area contributed by atoms with Crippen LogP contribution in [-0.2, 0) is 12.8 Å². The minimum Gasteiger partial charge on any atom is -0.388 e. The molecular formula is C67H76N18O5. The first-order chi connectivity index (χ1) is 44.0. The number of anilines is 4. The smallest absolute Gasteiger partial charge is 0.315 e. The summed E-state index contributed by atoms with van der Waals surface area (Å²) >= 11 is 0. The number of aliphatic hydroxyl groups is 4. The SMILES string of the molecule is CCc1cnn([C@H]2C[C@@H](n3cnc4c(NCC(c5ccccc5)c5ccccc5)nc(N5CCC(NC(=O)N[C@@H]6CCN(c7nc(NCC(c8ccccc8)c8ccccc8)c8ncn([C@@H]9C[C@H](n%10cc(CC)cn%10)[C@@H](O)[C@H]9O)c8n7)C6)C5)nc43)[C@H](O)[C@@H]2O)c1. The Bertz CT molecular complexity index is 3730. The standard InChI is InChI=1S/C67H76N18O5/c1-3-41-31-72-84(35-41)53-29-51(57(86)59(53)88)82-39-70-55-61(68-33-49(43-17-9-5-10-18-43)44-19-11-6-12-20-44)76-65(78-63(55)82)80-27-25-47(37-80)74-67(90)75-48-26-28-81(38-48)66-77-62(69-34-50(45-21-13-7-14-22-45)46-23-15-8-16-24-46)56-64(79-66)83(40-71-56)52-30-54(60(89)58(52)87)85-36-42(4-2)32-73-85/h5-24,31-32,35-36,39-40,47-54,57-60,86-89H,3-4,25-30,33-34,37-38H2,1-2H3,(H,68,76,78)(H,69,77,79)(H2,74,75,90)/t47-,48?,51-,52-,53+,54+,57+,58+,59-,60-/m1/s1. The average Bonchev–Trinajstić information content (AvgIpc) is 1.68. The first-order valence-electron chi connectivity index (χ1n) is 31.6. The molecule has 464 valence electrons. The predicted octanol–water partition coefficient (Wildman–Crippen LogP) is 6.94. The quantitative estimate of drug-likeness (QED) is 0.0384. The Morgan fingerprint density at radius 1 is 0.511 bits per heavy atom. The van der Waals surface area contributed by atoms with Crippen LogP contribution >= 0.6 is 0 Å². The summed E-state index contributed by atoms with van der Waals surface area (Å²) in [6.45, 7) is 7.12. The first kappa shape index (κ1) is 58.4. The Morgan fingerprint density at radius 2 is 0.878 bits per heavy atom. The van der Waals surface area contributed by atoms with E-state index in [2.05, 4.69) is 104 Å². The molecule has 23 heteroatoms. The number of aryl methyl sites for hydroxylation is 2. The number of hydrogen-bond donors (Lipinski definition) is 8. The van der Waals surface area contributed by atoms with Gasteiger partial charge in [0.2, 0.25) is 11.9 Å². The summed E-state index contributed by atoms with van der Waals surface area (Å²) in [5.41, 5.74) is 8.77. The van der Waals surface area contributed by atoms with E-state index in [-0.39, 0.29) is 30.0 Å². The molecule has 2 saturated carbocycles. The van der Waals surface area contributed by atoms with E-state index in [1.165, 1.54) is 0 Å². The van der Waals surface area contributed by atoms with Crippen molar-refractivity contribution in [3.8, 4) is 0 Å². The lowest BCUT2D eigenvalue weighted by atomic mass is 9.91. The zero-order valence-corrected chi connectivity index (χ0v) is 50.4. The molecule has 2 aliphatic carbocycles. The monoisotopic (exact) mass is 1210 g/mol. The van der Waals surface area contributed by atoms with Gasteiger partial charge in [0.1, 0.15) is 24.4 Å². The molecule has 90 heavy (non-hydrogen) atoms. The summed E-state index contributed by atoms with van der Waals surface area (Å²) in [6.07, 6.45) is 10.1. The van der Waals surface area contributed by atoms with E-state index in [4.69, 9.17) is 29.9 Å². The third-order valence-corrected chi connectivity index (χ3v) is 19.0. The van der Waals surface area contributed by atoms with Gasteiger partial charge in [-0.1, -0.05) is 135 Å². The van der Waals surface area contributed by atoms with Crippen molar-refractivity contribution in [2.24, 2.45) is 0 Å². The van der Waals surface area contributed by atoms with E-state index in [0.29, 0.717) is 111 Å². The molecule has 0 spiro atoms. The van der Waals surface area contributed by atoms with Crippen molar-refractivity contribution in [1.29, 1.82) is 0 Å². The molecule has 10 aromatic rings. The molecule has 23 nitrogen and oxygen atoms in total. The van der Waals surface area contributed by atoms with Crippen LogP contribution in [-0.4, -0.2) is 161 Å². The van der Waals surface area contributed by atoms with Crippen molar-refractivity contribution in [2.75, 3.05) is 59.7 Å². The molecule has 8 heterocycles. The molecule has 0 radical (unpaired) electrons. The Labute approximate surface area is 520 Å². The van der Waals surface area contributed by atoms with Crippen LogP contribution < -0.4 is 31.1 Å². The number of carbonyl (C=O) groups is 1. The summed E-state index contributed by atoms with van der Waals surface area (Å²) in [4.78, 5) is 48.7. The highest BCUT2D eigenvalue weighted by Gasteiger charge is 2.46. The van der Waals surface area contributed by atoms with Crippen LogP contribution in [0.2, 0.25) is 0 Å². The minimum atomic E-state index is -1.12. The predicted molar refractivity (Wildman–Crippen MR) is 343 cm³/mol. The summed E-state index contributed by atoms with van der Waals surface area (Å²) in [5.74, 6) is 1.93. The molecule has 10 atom stereocenters. The fraction of sp³-hybridized carbons (Fsp3) is 0.388. The number of aromatic nitrogens is 12. The summed E-state index contributed by atoms with van der Waals surface area (Å²) in [5, 5.41) is 69.4. The average molecular weight is 1210 g/mol. The van der Waals surface area contributed by atoms with Crippen molar-refractivity contribution in [3.63, 3.8) is 0 Å². The molecule has 2 amide bonds. The largest absolute Gasteiger partial charge is 0.388 e. The highest BCUT2D eigenvalue weighted by Crippen LogP contribution is 2.43. The molecule has 6 aromatic heterocycles. The zero-order chi connectivity index (χ0) is 61.4. The van der Waals surface area contributed by atoms with Gasteiger partial charge in [0, 0.05) is 75.6 Å². The topological polar surface area (TPSA) is 275 Å². The first-order valence-corrected chi connectivity index (χ1v) is 31.6. The van der Waals surface area contributed by atoms with Crippen molar-refractivity contribution >= 4 is 51.9 Å². The van der Waals surface area contributed by atoms with Gasteiger partial charge in [0.05, 0.1) is 49.2 Å². The number of fused-ring (bicyclic) bond motifs is 2. The molecule has 0 bridgehead atoms. The van der Waals surface area contributed by atoms with Gasteiger partial charge in [-0.3, -0.25) is 9.36 Å². The second kappa shape index (κ2) is 25.3. The maximum absolute atomic E-state index is 14.1. The molecule has 4 aromatic carbocycles. The fourth-order valence-corrected chi connectivity index (χ4v) is 13.9. The van der Waals surface area contributed by atoms with Gasteiger partial charge in [-0.15, -0.1) is 0 Å². The van der Waals surface area contributed by atoms with Crippen LogP contribution in [0.5, 0.6) is 0 Å². The number of aliphatic hydroxyl groups excluding tert-OH is 4. The van der Waals surface area contributed by atoms with E-state index in [9.17, 15) is 25.2 Å². The van der Waals surface area contributed by atoms with E-state index >= 15 is 0 Å². The number of rotatable bonds is 20. The molecule has 4 fully saturated rings. The second-order valence-corrected chi connectivity index (χ2v) is 24.5. The maximum Gasteiger partial charge on any atom is 0.315 e. The number of carbonyl (C=O) groups excluding carboxylic acids is 1. The van der Waals surface area contributed by atoms with E-state index in [1.54, 1.807) is 34.4 Å². The second-order valence-electron chi connectivity index (χ2n) is 24.5. The van der Waals surface area contributed by atoms with Gasteiger partial charge in [0.25, 0.3) is 0 Å². The number of urea groups is 1. The number of hydrogen-bond acceptors (Lipinski definition) is 17.